The van der Waals surface area contributed by atoms with Crippen LogP contribution in [0.4, 0.5) is 0 Å². The average molecular weight is 180 g/mol. The first-order valence-electron chi connectivity index (χ1n) is 4.21. The molecule has 0 saturated heterocycles. The monoisotopic (exact) mass is 180 g/mol. The van der Waals surface area contributed by atoms with Crippen LogP contribution in [0.2, 0.25) is 0 Å². The maximum Gasteiger partial charge on any atom is 0.179 e. The van der Waals surface area contributed by atoms with E-state index in [-0.39, 0.29) is 5.78 Å². The van der Waals surface area contributed by atoms with E-state index in [1.54, 1.807) is 20.1 Å². The zero-order chi connectivity index (χ0) is 10.4. The predicted octanol–water partition coefficient (Wildman–Crippen LogP) is 2.38. The lowest BCUT2D eigenvalue weighted by molar-refractivity contribution is -0.113. The molecule has 0 aromatic heterocycles. The van der Waals surface area contributed by atoms with Crippen LogP contribution in [0.5, 0.6) is 0 Å². The third-order valence-corrected chi connectivity index (χ3v) is 1.33. The van der Waals surface area contributed by atoms with Crippen molar-refractivity contribution in [2.75, 3.05) is 0 Å². The van der Waals surface area contributed by atoms with E-state index in [2.05, 4.69) is 9.98 Å². The Hall–Kier alpha value is -1.25. The molecule has 0 saturated carbocycles. The number of carbonyl (C=O) groups excluding carboxylic acids is 1. The second-order valence-corrected chi connectivity index (χ2v) is 2.94. The van der Waals surface area contributed by atoms with Gasteiger partial charge in [0.15, 0.2) is 5.78 Å². The first kappa shape index (κ1) is 11.8. The van der Waals surface area contributed by atoms with E-state index in [4.69, 9.17) is 0 Å². The van der Waals surface area contributed by atoms with Crippen LogP contribution < -0.4 is 0 Å². The normalized spacial score (nSPS) is 12.7. The van der Waals surface area contributed by atoms with E-state index in [0.717, 1.165) is 5.71 Å². The molecule has 0 radical (unpaired) electrons. The Kier molecular flexibility index (Phi) is 4.89. The Balaban J connectivity index is 5.09. The largest absolute Gasteiger partial charge is 0.293 e. The van der Waals surface area contributed by atoms with Crippen LogP contribution in [0.1, 0.15) is 34.6 Å². The Labute approximate surface area is 79.3 Å². The second kappa shape index (κ2) is 5.41. The van der Waals surface area contributed by atoms with Crippen molar-refractivity contribution in [3.05, 3.63) is 11.4 Å². The van der Waals surface area contributed by atoms with Gasteiger partial charge in [-0.05, 0) is 27.7 Å². The van der Waals surface area contributed by atoms with Gasteiger partial charge in [0.2, 0.25) is 0 Å². The van der Waals surface area contributed by atoms with E-state index < -0.39 is 0 Å². The van der Waals surface area contributed by atoms with E-state index in [9.17, 15) is 4.79 Å². The fraction of sp³-hybridized carbons (Fsp3) is 0.500. The SMILES string of the molecule is C/C=N\C(C(C)=O)=C(/C)N=C(C)C. The molecule has 0 spiro atoms. The van der Waals surface area contributed by atoms with Crippen molar-refractivity contribution < 1.29 is 4.79 Å². The van der Waals surface area contributed by atoms with Crippen LogP contribution in [0.15, 0.2) is 21.4 Å². The number of hydrogen-bond acceptors (Lipinski definition) is 3. The van der Waals surface area contributed by atoms with E-state index in [1.165, 1.54) is 6.92 Å². The van der Waals surface area contributed by atoms with Crippen molar-refractivity contribution in [2.45, 2.75) is 34.6 Å². The smallest absolute Gasteiger partial charge is 0.179 e. The predicted molar refractivity (Wildman–Crippen MR) is 56.3 cm³/mol. The molecule has 0 aliphatic carbocycles. The minimum Gasteiger partial charge on any atom is -0.293 e. The Morgan fingerprint density at radius 3 is 2.00 bits per heavy atom. The number of hydrogen-bond donors (Lipinski definition) is 0. The Bertz CT molecular complexity index is 281. The molecule has 0 heterocycles. The van der Waals surface area contributed by atoms with E-state index >= 15 is 0 Å². The van der Waals surface area contributed by atoms with Gasteiger partial charge < -0.3 is 0 Å². The van der Waals surface area contributed by atoms with Crippen LogP contribution >= 0.6 is 0 Å². The maximum absolute atomic E-state index is 11.1. The Morgan fingerprint density at radius 1 is 1.15 bits per heavy atom. The number of allylic oxidation sites excluding steroid dienone is 2. The van der Waals surface area contributed by atoms with Gasteiger partial charge in [-0.15, -0.1) is 0 Å². The lowest BCUT2D eigenvalue weighted by Gasteiger charge is -1.99. The molecule has 0 unspecified atom stereocenters. The van der Waals surface area contributed by atoms with Crippen molar-refractivity contribution in [3.8, 4) is 0 Å². The van der Waals surface area contributed by atoms with Gasteiger partial charge in [-0.1, -0.05) is 0 Å². The summed E-state index contributed by atoms with van der Waals surface area (Å²) in [4.78, 5) is 19.3. The third kappa shape index (κ3) is 4.35. The average Bonchev–Trinajstić information content (AvgIpc) is 1.97. The molecule has 0 aromatic carbocycles. The van der Waals surface area contributed by atoms with Crippen LogP contribution in [0.3, 0.4) is 0 Å². The Morgan fingerprint density at radius 2 is 1.69 bits per heavy atom. The highest BCUT2D eigenvalue weighted by molar-refractivity contribution is 5.95. The number of ketones is 1. The van der Waals surface area contributed by atoms with Crippen LogP contribution in [-0.4, -0.2) is 17.7 Å². The maximum atomic E-state index is 11.1. The summed E-state index contributed by atoms with van der Waals surface area (Å²) < 4.78 is 0. The fourth-order valence-corrected chi connectivity index (χ4v) is 0.957. The summed E-state index contributed by atoms with van der Waals surface area (Å²) in [5, 5.41) is 0. The molecular weight excluding hydrogens is 164 g/mol. The summed E-state index contributed by atoms with van der Waals surface area (Å²) in [6.07, 6.45) is 1.60. The molecule has 13 heavy (non-hydrogen) atoms. The van der Waals surface area contributed by atoms with Crippen molar-refractivity contribution in [2.24, 2.45) is 9.98 Å². The van der Waals surface area contributed by atoms with Crippen LogP contribution in [0, 0.1) is 0 Å². The molecule has 0 N–H and O–H groups in total. The van der Waals surface area contributed by atoms with Gasteiger partial charge in [0.25, 0.3) is 0 Å². The molecule has 0 amide bonds. The van der Waals surface area contributed by atoms with Gasteiger partial charge in [-0.25, -0.2) is 0 Å². The summed E-state index contributed by atoms with van der Waals surface area (Å²) in [6, 6.07) is 0. The molecule has 3 nitrogen and oxygen atoms in total. The number of aliphatic imine (C=N–C) groups is 2. The summed E-state index contributed by atoms with van der Waals surface area (Å²) in [5.41, 5.74) is 2.02. The molecule has 72 valence electrons. The molecular formula is C10H16N2O. The summed E-state index contributed by atoms with van der Waals surface area (Å²) in [6.45, 7) is 8.83. The quantitative estimate of drug-likeness (QED) is 0.485. The minimum atomic E-state index is -0.0550. The first-order valence-corrected chi connectivity index (χ1v) is 4.21. The molecule has 0 bridgehead atoms. The number of carbonyl (C=O) groups is 1. The van der Waals surface area contributed by atoms with Gasteiger partial charge in [-0.2, -0.15) is 0 Å². The van der Waals surface area contributed by atoms with Gasteiger partial charge in [0.1, 0.15) is 5.70 Å². The first-order chi connectivity index (χ1) is 5.99. The summed E-state index contributed by atoms with van der Waals surface area (Å²) in [7, 11) is 0. The third-order valence-electron chi connectivity index (χ3n) is 1.33. The van der Waals surface area contributed by atoms with Crippen molar-refractivity contribution in [1.82, 2.24) is 0 Å². The highest BCUT2D eigenvalue weighted by atomic mass is 16.1. The molecule has 0 aliphatic heterocycles. The number of nitrogens with zero attached hydrogens (tertiary/aromatic N) is 2. The number of rotatable bonds is 3. The summed E-state index contributed by atoms with van der Waals surface area (Å²) in [5.74, 6) is -0.0550. The van der Waals surface area contributed by atoms with Crippen LogP contribution in [0.25, 0.3) is 0 Å². The van der Waals surface area contributed by atoms with E-state index in [1.807, 2.05) is 13.8 Å². The fourth-order valence-electron chi connectivity index (χ4n) is 0.957. The van der Waals surface area contributed by atoms with Crippen molar-refractivity contribution >= 4 is 17.7 Å². The lowest BCUT2D eigenvalue weighted by atomic mass is 10.2. The topological polar surface area (TPSA) is 41.8 Å². The van der Waals surface area contributed by atoms with Gasteiger partial charge in [0.05, 0.1) is 5.70 Å². The van der Waals surface area contributed by atoms with Gasteiger partial charge >= 0.3 is 0 Å². The zero-order valence-corrected chi connectivity index (χ0v) is 8.88. The molecule has 0 rings (SSSR count). The number of Topliss-reactive ketones (excluding diaryl/α,β-unsaturated/α-hetero) is 1. The molecule has 0 aromatic rings. The summed E-state index contributed by atoms with van der Waals surface area (Å²) >= 11 is 0. The second-order valence-electron chi connectivity index (χ2n) is 2.94. The van der Waals surface area contributed by atoms with Gasteiger partial charge in [-0.3, -0.25) is 14.8 Å². The molecule has 0 fully saturated rings. The van der Waals surface area contributed by atoms with Gasteiger partial charge in [0, 0.05) is 18.9 Å². The minimum absolute atomic E-state index is 0.0550. The highest BCUT2D eigenvalue weighted by Crippen LogP contribution is 2.08. The lowest BCUT2D eigenvalue weighted by Crippen LogP contribution is -1.97. The molecule has 3 heteroatoms. The molecule has 0 atom stereocenters. The molecule has 0 aliphatic rings. The van der Waals surface area contributed by atoms with E-state index in [0.29, 0.717) is 11.4 Å². The van der Waals surface area contributed by atoms with Crippen LogP contribution in [-0.2, 0) is 4.79 Å². The van der Waals surface area contributed by atoms with Crippen molar-refractivity contribution in [1.29, 1.82) is 0 Å². The van der Waals surface area contributed by atoms with Crippen molar-refractivity contribution in [3.63, 3.8) is 0 Å². The highest BCUT2D eigenvalue weighted by Gasteiger charge is 2.04. The standard InChI is InChI=1S/C10H16N2O/c1-6-11-10(9(5)13)8(4)12-7(2)3/h6H,1-5H3/b10-8+,11-6-. The zero-order valence-electron chi connectivity index (χ0n) is 8.88.